The molecule has 1 aliphatic carbocycles. The summed E-state index contributed by atoms with van der Waals surface area (Å²) in [6.45, 7) is 3.81. The standard InChI is InChI=1S/C24H34N4O3/c1-28(12-3-13-29)16-17-4-2-5-20(14-17)23(19-8-10-25-11-9-19)26-24(30)21-15-22(31-27-21)18-6-7-18/h2,4-5,14-15,18-19,23,25,29H,3,6-13,16H2,1H3,(H,26,30). The quantitative estimate of drug-likeness (QED) is 0.541. The topological polar surface area (TPSA) is 90.6 Å². The third-order valence-corrected chi connectivity index (χ3v) is 6.34. The number of amides is 1. The lowest BCUT2D eigenvalue weighted by molar-refractivity contribution is 0.0904. The molecule has 31 heavy (non-hydrogen) atoms. The number of aromatic nitrogens is 1. The highest BCUT2D eigenvalue weighted by Gasteiger charge is 2.31. The second kappa shape index (κ2) is 10.4. The summed E-state index contributed by atoms with van der Waals surface area (Å²) in [4.78, 5) is 15.2. The van der Waals surface area contributed by atoms with Crippen molar-refractivity contribution in [1.29, 1.82) is 0 Å². The monoisotopic (exact) mass is 426 g/mol. The van der Waals surface area contributed by atoms with Crippen LogP contribution in [0.1, 0.15) is 71.4 Å². The highest BCUT2D eigenvalue weighted by atomic mass is 16.5. The Hall–Kier alpha value is -2.22. The molecule has 168 valence electrons. The lowest BCUT2D eigenvalue weighted by Gasteiger charge is -2.32. The van der Waals surface area contributed by atoms with Crippen molar-refractivity contribution < 1.29 is 14.4 Å². The molecule has 1 saturated heterocycles. The van der Waals surface area contributed by atoms with Crippen LogP contribution in [-0.2, 0) is 6.54 Å². The van der Waals surface area contributed by atoms with Crippen molar-refractivity contribution in [3.63, 3.8) is 0 Å². The summed E-state index contributed by atoms with van der Waals surface area (Å²) < 4.78 is 5.39. The number of rotatable bonds is 10. The number of nitrogens with one attached hydrogen (secondary N) is 2. The van der Waals surface area contributed by atoms with Gasteiger partial charge in [-0.3, -0.25) is 4.79 Å². The zero-order valence-corrected chi connectivity index (χ0v) is 18.3. The molecule has 2 heterocycles. The molecule has 1 atom stereocenters. The fourth-order valence-electron chi connectivity index (χ4n) is 4.44. The molecule has 1 aromatic heterocycles. The zero-order chi connectivity index (χ0) is 21.6. The largest absolute Gasteiger partial charge is 0.396 e. The highest BCUT2D eigenvalue weighted by molar-refractivity contribution is 5.92. The third-order valence-electron chi connectivity index (χ3n) is 6.34. The van der Waals surface area contributed by atoms with Crippen LogP contribution < -0.4 is 10.6 Å². The van der Waals surface area contributed by atoms with Gasteiger partial charge in [0.15, 0.2) is 5.69 Å². The fraction of sp³-hybridized carbons (Fsp3) is 0.583. The van der Waals surface area contributed by atoms with Crippen LogP contribution in [0.2, 0.25) is 0 Å². The Morgan fingerprint density at radius 3 is 2.84 bits per heavy atom. The van der Waals surface area contributed by atoms with E-state index < -0.39 is 0 Å². The number of carbonyl (C=O) groups is 1. The van der Waals surface area contributed by atoms with Gasteiger partial charge in [0.25, 0.3) is 5.91 Å². The number of aliphatic hydroxyl groups excluding tert-OH is 1. The van der Waals surface area contributed by atoms with Gasteiger partial charge in [-0.25, -0.2) is 0 Å². The van der Waals surface area contributed by atoms with E-state index in [1.54, 1.807) is 6.07 Å². The van der Waals surface area contributed by atoms with Crippen LogP contribution in [0.25, 0.3) is 0 Å². The summed E-state index contributed by atoms with van der Waals surface area (Å²) in [5.41, 5.74) is 2.73. The van der Waals surface area contributed by atoms with Gasteiger partial charge in [-0.1, -0.05) is 29.4 Å². The fourth-order valence-corrected chi connectivity index (χ4v) is 4.44. The van der Waals surface area contributed by atoms with Gasteiger partial charge in [0.05, 0.1) is 6.04 Å². The molecular formula is C24H34N4O3. The normalized spacial score (nSPS) is 18.3. The molecule has 2 aliphatic rings. The zero-order valence-electron chi connectivity index (χ0n) is 18.3. The van der Waals surface area contributed by atoms with Crippen LogP contribution >= 0.6 is 0 Å². The van der Waals surface area contributed by atoms with Crippen molar-refractivity contribution >= 4 is 5.91 Å². The molecule has 0 spiro atoms. The molecule has 1 aliphatic heterocycles. The second-order valence-corrected chi connectivity index (χ2v) is 8.99. The Labute approximate surface area is 184 Å². The van der Waals surface area contributed by atoms with Crippen LogP contribution in [-0.4, -0.2) is 54.4 Å². The van der Waals surface area contributed by atoms with Crippen LogP contribution in [0.15, 0.2) is 34.9 Å². The maximum Gasteiger partial charge on any atom is 0.273 e. The summed E-state index contributed by atoms with van der Waals surface area (Å²) in [7, 11) is 2.07. The Balaban J connectivity index is 1.50. The number of nitrogens with zero attached hydrogens (tertiary/aromatic N) is 2. The van der Waals surface area contributed by atoms with E-state index in [9.17, 15) is 4.79 Å². The van der Waals surface area contributed by atoms with Crippen LogP contribution in [0, 0.1) is 5.92 Å². The first-order valence-corrected chi connectivity index (χ1v) is 11.5. The summed E-state index contributed by atoms with van der Waals surface area (Å²) in [6, 6.07) is 10.3. The summed E-state index contributed by atoms with van der Waals surface area (Å²) >= 11 is 0. The minimum Gasteiger partial charge on any atom is -0.396 e. The minimum atomic E-state index is -0.162. The Morgan fingerprint density at radius 1 is 1.29 bits per heavy atom. The van der Waals surface area contributed by atoms with E-state index in [0.717, 1.165) is 69.6 Å². The number of benzene rings is 1. The van der Waals surface area contributed by atoms with E-state index in [2.05, 4.69) is 52.0 Å². The van der Waals surface area contributed by atoms with Crippen LogP contribution in [0.3, 0.4) is 0 Å². The second-order valence-electron chi connectivity index (χ2n) is 8.99. The van der Waals surface area contributed by atoms with Crippen molar-refractivity contribution in [2.24, 2.45) is 5.92 Å². The molecule has 1 amide bonds. The van der Waals surface area contributed by atoms with E-state index in [0.29, 0.717) is 17.5 Å². The predicted octanol–water partition coefficient (Wildman–Crippen LogP) is 2.84. The SMILES string of the molecule is CN(CCCO)Cc1cccc(C(NC(=O)c2cc(C3CC3)on2)C2CCNCC2)c1. The number of hydrogen-bond donors (Lipinski definition) is 3. The van der Waals surface area contributed by atoms with Gasteiger partial charge < -0.3 is 25.2 Å². The highest BCUT2D eigenvalue weighted by Crippen LogP contribution is 2.40. The molecule has 2 fully saturated rings. The van der Waals surface area contributed by atoms with Gasteiger partial charge in [0.1, 0.15) is 5.76 Å². The van der Waals surface area contributed by atoms with E-state index in [1.165, 1.54) is 5.56 Å². The number of hydrogen-bond acceptors (Lipinski definition) is 6. The molecule has 4 rings (SSSR count). The molecule has 0 radical (unpaired) electrons. The van der Waals surface area contributed by atoms with Gasteiger partial charge in [-0.2, -0.15) is 0 Å². The maximum atomic E-state index is 13.0. The molecule has 2 aromatic rings. The third kappa shape index (κ3) is 5.93. The molecular weight excluding hydrogens is 392 g/mol. The molecule has 1 aromatic carbocycles. The van der Waals surface area contributed by atoms with Crippen LogP contribution in [0.5, 0.6) is 0 Å². The lowest BCUT2D eigenvalue weighted by atomic mass is 9.85. The maximum absolute atomic E-state index is 13.0. The summed E-state index contributed by atoms with van der Waals surface area (Å²) in [6.07, 6.45) is 5.06. The number of carbonyl (C=O) groups excluding carboxylic acids is 1. The van der Waals surface area contributed by atoms with Crippen molar-refractivity contribution in [2.75, 3.05) is 33.3 Å². The predicted molar refractivity (Wildman–Crippen MR) is 119 cm³/mol. The summed E-state index contributed by atoms with van der Waals surface area (Å²) in [5, 5.41) is 19.8. The first-order valence-electron chi connectivity index (χ1n) is 11.5. The molecule has 1 unspecified atom stereocenters. The number of aliphatic hydroxyl groups is 1. The Kier molecular flexibility index (Phi) is 7.37. The average molecular weight is 427 g/mol. The van der Waals surface area contributed by atoms with Gasteiger partial charge in [-0.15, -0.1) is 0 Å². The number of piperidine rings is 1. The van der Waals surface area contributed by atoms with Crippen molar-refractivity contribution in [1.82, 2.24) is 20.7 Å². The van der Waals surface area contributed by atoms with Crippen molar-refractivity contribution in [3.05, 3.63) is 52.9 Å². The first kappa shape index (κ1) is 22.0. The molecule has 7 nitrogen and oxygen atoms in total. The van der Waals surface area contributed by atoms with Crippen molar-refractivity contribution in [2.45, 2.75) is 50.6 Å². The lowest BCUT2D eigenvalue weighted by Crippen LogP contribution is -2.39. The van der Waals surface area contributed by atoms with Gasteiger partial charge in [0.2, 0.25) is 0 Å². The Morgan fingerprint density at radius 2 is 2.10 bits per heavy atom. The smallest absolute Gasteiger partial charge is 0.273 e. The van der Waals surface area contributed by atoms with E-state index >= 15 is 0 Å². The molecule has 7 heteroatoms. The van der Waals surface area contributed by atoms with Gasteiger partial charge >= 0.3 is 0 Å². The van der Waals surface area contributed by atoms with Crippen molar-refractivity contribution in [3.8, 4) is 0 Å². The van der Waals surface area contributed by atoms with E-state index in [4.69, 9.17) is 9.63 Å². The molecule has 3 N–H and O–H groups in total. The van der Waals surface area contributed by atoms with Crippen LogP contribution in [0.4, 0.5) is 0 Å². The minimum absolute atomic E-state index is 0.0571. The average Bonchev–Trinajstić information content (AvgIpc) is 3.53. The molecule has 0 bridgehead atoms. The van der Waals surface area contributed by atoms with Gasteiger partial charge in [0, 0.05) is 31.7 Å². The van der Waals surface area contributed by atoms with Gasteiger partial charge in [-0.05, 0) is 69.3 Å². The molecule has 1 saturated carbocycles. The summed E-state index contributed by atoms with van der Waals surface area (Å²) in [5.74, 6) is 1.48. The Bertz CT molecular complexity index is 858. The van der Waals surface area contributed by atoms with E-state index in [1.807, 2.05) is 0 Å². The van der Waals surface area contributed by atoms with E-state index in [-0.39, 0.29) is 18.6 Å². The first-order chi connectivity index (χ1) is 15.1.